The van der Waals surface area contributed by atoms with Crippen LogP contribution in [0.15, 0.2) is 24.3 Å². The number of hydrogen-bond acceptors (Lipinski definition) is 1. The van der Waals surface area contributed by atoms with E-state index in [1.807, 2.05) is 0 Å². The van der Waals surface area contributed by atoms with E-state index in [4.69, 9.17) is 0 Å². The summed E-state index contributed by atoms with van der Waals surface area (Å²) >= 11 is 0. The quantitative estimate of drug-likeness (QED) is 0.797. The lowest BCUT2D eigenvalue weighted by Gasteiger charge is -2.21. The predicted molar refractivity (Wildman–Crippen MR) is 80.0 cm³/mol. The van der Waals surface area contributed by atoms with Gasteiger partial charge in [-0.25, -0.2) is 0 Å². The number of nitrogens with one attached hydrogen (secondary N) is 1. The van der Waals surface area contributed by atoms with Crippen molar-refractivity contribution in [3.8, 4) is 0 Å². The van der Waals surface area contributed by atoms with Gasteiger partial charge in [0.15, 0.2) is 0 Å². The summed E-state index contributed by atoms with van der Waals surface area (Å²) in [6.07, 6.45) is 5.01. The molecule has 1 nitrogen and oxygen atoms in total. The van der Waals surface area contributed by atoms with E-state index in [1.54, 1.807) is 0 Å². The number of hydrogen-bond donors (Lipinski definition) is 1. The first-order valence-corrected chi connectivity index (χ1v) is 7.36. The molecule has 0 aromatic heterocycles. The van der Waals surface area contributed by atoms with Gasteiger partial charge in [-0.15, -0.1) is 0 Å². The molecular formula is C17H27N. The van der Waals surface area contributed by atoms with Crippen molar-refractivity contribution in [2.24, 2.45) is 11.3 Å². The van der Waals surface area contributed by atoms with Gasteiger partial charge in [0.2, 0.25) is 0 Å². The molecule has 0 radical (unpaired) electrons. The summed E-state index contributed by atoms with van der Waals surface area (Å²) in [6.45, 7) is 9.42. The molecule has 2 unspecified atom stereocenters. The van der Waals surface area contributed by atoms with Crippen LogP contribution < -0.4 is 5.32 Å². The molecule has 1 saturated carbocycles. The van der Waals surface area contributed by atoms with Gasteiger partial charge in [-0.1, -0.05) is 52.3 Å². The molecule has 0 bridgehead atoms. The number of para-hydroxylation sites is 1. The molecule has 0 saturated heterocycles. The van der Waals surface area contributed by atoms with Crippen LogP contribution in [0, 0.1) is 11.3 Å². The Hall–Kier alpha value is -0.980. The first-order chi connectivity index (χ1) is 8.52. The molecule has 1 heteroatoms. The van der Waals surface area contributed by atoms with E-state index in [2.05, 4.69) is 57.3 Å². The second-order valence-corrected chi connectivity index (χ2v) is 6.71. The average Bonchev–Trinajstić information content (AvgIpc) is 2.55. The average molecular weight is 245 g/mol. The smallest absolute Gasteiger partial charge is 0.0374 e. The second-order valence-electron chi connectivity index (χ2n) is 6.71. The summed E-state index contributed by atoms with van der Waals surface area (Å²) in [5, 5.41) is 3.80. The zero-order valence-corrected chi connectivity index (χ0v) is 12.3. The maximum absolute atomic E-state index is 3.80. The minimum absolute atomic E-state index is 0.497. The molecule has 0 aliphatic heterocycles. The van der Waals surface area contributed by atoms with Gasteiger partial charge >= 0.3 is 0 Å². The molecule has 1 aliphatic carbocycles. The van der Waals surface area contributed by atoms with E-state index >= 15 is 0 Å². The summed E-state index contributed by atoms with van der Waals surface area (Å²) < 4.78 is 0. The Kier molecular flexibility index (Phi) is 3.99. The lowest BCUT2D eigenvalue weighted by Crippen LogP contribution is -2.23. The van der Waals surface area contributed by atoms with Gasteiger partial charge in [0.25, 0.3) is 0 Å². The van der Waals surface area contributed by atoms with Gasteiger partial charge < -0.3 is 5.32 Å². The molecule has 1 aromatic carbocycles. The highest BCUT2D eigenvalue weighted by molar-refractivity contribution is 5.52. The summed E-state index contributed by atoms with van der Waals surface area (Å²) in [6, 6.07) is 9.43. The van der Waals surface area contributed by atoms with E-state index in [0.29, 0.717) is 11.5 Å². The summed E-state index contributed by atoms with van der Waals surface area (Å²) in [5.41, 5.74) is 3.32. The lowest BCUT2D eigenvalue weighted by atomic mass is 9.91. The Labute approximate surface area is 112 Å². The minimum atomic E-state index is 0.497. The van der Waals surface area contributed by atoms with Crippen molar-refractivity contribution < 1.29 is 0 Å². The predicted octanol–water partition coefficient (Wildman–Crippen LogP) is 4.88. The maximum atomic E-state index is 3.80. The van der Waals surface area contributed by atoms with E-state index in [9.17, 15) is 0 Å². The van der Waals surface area contributed by atoms with Crippen LogP contribution in [0.25, 0.3) is 0 Å². The largest absolute Gasteiger partial charge is 0.382 e. The molecule has 1 aromatic rings. The molecule has 0 spiro atoms. The van der Waals surface area contributed by atoms with Crippen LogP contribution in [0.3, 0.4) is 0 Å². The van der Waals surface area contributed by atoms with Crippen LogP contribution in [0.4, 0.5) is 5.69 Å². The first-order valence-electron chi connectivity index (χ1n) is 7.36. The minimum Gasteiger partial charge on any atom is -0.382 e. The van der Waals surface area contributed by atoms with Crippen LogP contribution in [0.2, 0.25) is 0 Å². The van der Waals surface area contributed by atoms with Crippen LogP contribution in [0.5, 0.6) is 0 Å². The number of aryl methyl sites for hydroxylation is 1. The van der Waals surface area contributed by atoms with Crippen LogP contribution in [0.1, 0.15) is 52.5 Å². The second kappa shape index (κ2) is 5.34. The Balaban J connectivity index is 2.10. The fourth-order valence-corrected chi connectivity index (χ4v) is 3.44. The van der Waals surface area contributed by atoms with E-state index in [0.717, 1.165) is 5.92 Å². The first kappa shape index (κ1) is 13.5. The van der Waals surface area contributed by atoms with Crippen molar-refractivity contribution >= 4 is 5.69 Å². The van der Waals surface area contributed by atoms with Crippen LogP contribution >= 0.6 is 0 Å². The highest BCUT2D eigenvalue weighted by Crippen LogP contribution is 2.42. The van der Waals surface area contributed by atoms with E-state index in [-0.39, 0.29) is 0 Å². The molecule has 2 rings (SSSR count). The Bertz CT molecular complexity index is 394. The zero-order chi connectivity index (χ0) is 13.2. The molecule has 100 valence electrons. The standard InChI is InChI=1S/C17H27N/c1-5-8-14-9-6-7-10-15(14)18-16-12-17(3,4)11-13(16)2/h6-7,9-10,13,16,18H,5,8,11-12H2,1-4H3. The zero-order valence-electron chi connectivity index (χ0n) is 12.3. The molecule has 0 heterocycles. The van der Waals surface area contributed by atoms with Gasteiger partial charge in [0.1, 0.15) is 0 Å². The van der Waals surface area contributed by atoms with Gasteiger partial charge in [0.05, 0.1) is 0 Å². The van der Waals surface area contributed by atoms with Gasteiger partial charge in [-0.05, 0) is 42.2 Å². The van der Waals surface area contributed by atoms with Crippen LogP contribution in [-0.2, 0) is 6.42 Å². The Morgan fingerprint density at radius 3 is 2.56 bits per heavy atom. The Morgan fingerprint density at radius 2 is 1.94 bits per heavy atom. The van der Waals surface area contributed by atoms with Gasteiger partial charge in [-0.3, -0.25) is 0 Å². The fraction of sp³-hybridized carbons (Fsp3) is 0.647. The third-order valence-corrected chi connectivity index (χ3v) is 4.21. The lowest BCUT2D eigenvalue weighted by molar-refractivity contribution is 0.366. The number of anilines is 1. The molecule has 1 aliphatic rings. The van der Waals surface area contributed by atoms with Crippen molar-refractivity contribution in [1.82, 2.24) is 0 Å². The molecule has 1 fully saturated rings. The monoisotopic (exact) mass is 245 g/mol. The third kappa shape index (κ3) is 3.07. The topological polar surface area (TPSA) is 12.0 Å². The SMILES string of the molecule is CCCc1ccccc1NC1CC(C)(C)CC1C. The van der Waals surface area contributed by atoms with E-state index in [1.165, 1.54) is 36.9 Å². The molecule has 1 N–H and O–H groups in total. The van der Waals surface area contributed by atoms with Gasteiger partial charge in [-0.2, -0.15) is 0 Å². The molecular weight excluding hydrogens is 218 g/mol. The summed E-state index contributed by atoms with van der Waals surface area (Å²) in [5.74, 6) is 0.773. The highest BCUT2D eigenvalue weighted by atomic mass is 14.9. The normalized spacial score (nSPS) is 26.2. The third-order valence-electron chi connectivity index (χ3n) is 4.21. The number of rotatable bonds is 4. The van der Waals surface area contributed by atoms with Crippen molar-refractivity contribution in [3.05, 3.63) is 29.8 Å². The Morgan fingerprint density at radius 1 is 1.22 bits per heavy atom. The van der Waals surface area contributed by atoms with Crippen LogP contribution in [-0.4, -0.2) is 6.04 Å². The van der Waals surface area contributed by atoms with Crippen molar-refractivity contribution in [1.29, 1.82) is 0 Å². The molecule has 0 amide bonds. The molecule has 18 heavy (non-hydrogen) atoms. The maximum Gasteiger partial charge on any atom is 0.0374 e. The summed E-state index contributed by atoms with van der Waals surface area (Å²) in [7, 11) is 0. The number of benzene rings is 1. The van der Waals surface area contributed by atoms with Crippen molar-refractivity contribution in [2.45, 2.75) is 59.4 Å². The van der Waals surface area contributed by atoms with Crippen molar-refractivity contribution in [2.75, 3.05) is 5.32 Å². The van der Waals surface area contributed by atoms with Gasteiger partial charge in [0, 0.05) is 11.7 Å². The summed E-state index contributed by atoms with van der Waals surface area (Å²) in [4.78, 5) is 0. The molecule has 2 atom stereocenters. The highest BCUT2D eigenvalue weighted by Gasteiger charge is 2.36. The fourth-order valence-electron chi connectivity index (χ4n) is 3.44. The van der Waals surface area contributed by atoms with Crippen molar-refractivity contribution in [3.63, 3.8) is 0 Å². The van der Waals surface area contributed by atoms with E-state index < -0.39 is 0 Å².